The van der Waals surface area contributed by atoms with E-state index in [1.54, 1.807) is 19.1 Å². The maximum absolute atomic E-state index is 13.7. The molecule has 0 radical (unpaired) electrons. The van der Waals surface area contributed by atoms with Gasteiger partial charge in [-0.2, -0.15) is 0 Å². The van der Waals surface area contributed by atoms with Gasteiger partial charge in [0.25, 0.3) is 0 Å². The minimum Gasteiger partial charge on any atom is -0.458 e. The van der Waals surface area contributed by atoms with E-state index >= 15 is 0 Å². The van der Waals surface area contributed by atoms with E-state index in [1.807, 2.05) is 19.9 Å². The number of aliphatic hydroxyl groups excluding tert-OH is 1. The fourth-order valence-corrected chi connectivity index (χ4v) is 8.04. The van der Waals surface area contributed by atoms with Crippen molar-refractivity contribution in [3.05, 3.63) is 23.8 Å². The Morgan fingerprint density at radius 1 is 1.24 bits per heavy atom. The lowest BCUT2D eigenvalue weighted by Crippen LogP contribution is -2.64. The lowest BCUT2D eigenvalue weighted by atomic mass is 9.46. The second-order valence-corrected chi connectivity index (χ2v) is 11.1. The van der Waals surface area contributed by atoms with E-state index in [4.69, 9.17) is 9.47 Å². The summed E-state index contributed by atoms with van der Waals surface area (Å²) < 4.78 is 11.1. The Morgan fingerprint density at radius 2 is 1.94 bits per heavy atom. The Bertz CT molecular complexity index is 979. The number of allylic oxidation sites excluding steroid dienone is 4. The average molecular weight is 473 g/mol. The Morgan fingerprint density at radius 3 is 2.59 bits per heavy atom. The number of aliphatic hydroxyl groups is 1. The third-order valence-corrected chi connectivity index (χ3v) is 9.42. The van der Waals surface area contributed by atoms with Crippen LogP contribution >= 0.6 is 0 Å². The third-order valence-electron chi connectivity index (χ3n) is 9.42. The largest absolute Gasteiger partial charge is 0.458 e. The molecule has 3 saturated carbocycles. The lowest BCUT2D eigenvalue weighted by Gasteiger charge is -2.60. The number of ketones is 2. The van der Waals surface area contributed by atoms with Gasteiger partial charge in [-0.25, -0.2) is 0 Å². The van der Waals surface area contributed by atoms with E-state index in [0.29, 0.717) is 6.42 Å². The molecular weight excluding hydrogens is 436 g/mol. The molecule has 186 valence electrons. The van der Waals surface area contributed by atoms with Crippen LogP contribution in [0, 0.1) is 34.5 Å². The molecule has 7 heteroatoms. The molecule has 1 N–H and O–H groups in total. The van der Waals surface area contributed by atoms with Crippen molar-refractivity contribution < 1.29 is 33.8 Å². The molecule has 0 aliphatic heterocycles. The highest BCUT2D eigenvalue weighted by Crippen LogP contribution is 2.69. The first-order valence-electron chi connectivity index (χ1n) is 12.4. The number of carbonyl (C=O) groups is 4. The molecule has 0 heterocycles. The van der Waals surface area contributed by atoms with Crippen molar-refractivity contribution in [2.24, 2.45) is 34.5 Å². The van der Waals surface area contributed by atoms with E-state index in [-0.39, 0.29) is 42.3 Å². The van der Waals surface area contributed by atoms with Crippen LogP contribution in [0.5, 0.6) is 0 Å². The molecule has 4 unspecified atom stereocenters. The second-order valence-electron chi connectivity index (χ2n) is 11.1. The average Bonchev–Trinajstić information content (AvgIpc) is 2.99. The van der Waals surface area contributed by atoms with Gasteiger partial charge in [-0.15, -0.1) is 0 Å². The molecule has 4 rings (SSSR count). The third kappa shape index (κ3) is 3.42. The molecule has 8 atom stereocenters. The van der Waals surface area contributed by atoms with Crippen LogP contribution in [0.2, 0.25) is 0 Å². The number of esters is 2. The van der Waals surface area contributed by atoms with Crippen LogP contribution in [0.4, 0.5) is 0 Å². The van der Waals surface area contributed by atoms with Crippen molar-refractivity contribution in [1.82, 2.24) is 0 Å². The second kappa shape index (κ2) is 8.43. The summed E-state index contributed by atoms with van der Waals surface area (Å²) in [6.45, 7) is 8.45. The van der Waals surface area contributed by atoms with Crippen LogP contribution in [0.15, 0.2) is 23.8 Å². The molecule has 0 bridgehead atoms. The lowest BCUT2D eigenvalue weighted by molar-refractivity contribution is -0.206. The number of Topliss-reactive ketones (excluding diaryl/α,β-unsaturated/α-hetero) is 1. The molecule has 0 aromatic heterocycles. The summed E-state index contributed by atoms with van der Waals surface area (Å²) >= 11 is 0. The highest BCUT2D eigenvalue weighted by Gasteiger charge is 2.72. The molecule has 4 aliphatic carbocycles. The Labute approximate surface area is 200 Å². The SMILES string of the molecule is CCC(=O)O[C@]1(C(=O)COC(C)=O)[C@H](C)CC2C3CCC4=CC(=O)C=C[C@]4(C)C3C(O)C[C@@]21C. The van der Waals surface area contributed by atoms with Crippen molar-refractivity contribution in [1.29, 1.82) is 0 Å². The zero-order chi connectivity index (χ0) is 25.1. The molecule has 0 amide bonds. The summed E-state index contributed by atoms with van der Waals surface area (Å²) in [4.78, 5) is 49.8. The number of rotatable bonds is 5. The Hall–Kier alpha value is -2.28. The summed E-state index contributed by atoms with van der Waals surface area (Å²) in [6.07, 6.45) is 7.14. The fourth-order valence-electron chi connectivity index (χ4n) is 8.04. The normalized spacial score (nSPS) is 42.7. The molecule has 34 heavy (non-hydrogen) atoms. The summed E-state index contributed by atoms with van der Waals surface area (Å²) in [5, 5.41) is 11.6. The molecule has 0 spiro atoms. The van der Waals surface area contributed by atoms with Crippen molar-refractivity contribution in [2.45, 2.75) is 78.4 Å². The summed E-state index contributed by atoms with van der Waals surface area (Å²) in [7, 11) is 0. The topological polar surface area (TPSA) is 107 Å². The van der Waals surface area contributed by atoms with Gasteiger partial charge < -0.3 is 14.6 Å². The van der Waals surface area contributed by atoms with Gasteiger partial charge in [0.1, 0.15) is 0 Å². The predicted molar refractivity (Wildman–Crippen MR) is 123 cm³/mol. The predicted octanol–water partition coefficient (Wildman–Crippen LogP) is 3.34. The van der Waals surface area contributed by atoms with Crippen LogP contribution in [-0.2, 0) is 28.7 Å². The van der Waals surface area contributed by atoms with Gasteiger partial charge in [0.2, 0.25) is 5.78 Å². The van der Waals surface area contributed by atoms with Gasteiger partial charge in [0, 0.05) is 36.0 Å². The highest BCUT2D eigenvalue weighted by molar-refractivity contribution is 6.01. The van der Waals surface area contributed by atoms with Gasteiger partial charge in [0.05, 0.1) is 6.10 Å². The van der Waals surface area contributed by atoms with Crippen LogP contribution in [0.3, 0.4) is 0 Å². The number of carbonyl (C=O) groups excluding carboxylic acids is 4. The molecular formula is C27H36O7. The zero-order valence-corrected chi connectivity index (χ0v) is 20.8. The van der Waals surface area contributed by atoms with Gasteiger partial charge in [0.15, 0.2) is 18.0 Å². The molecule has 4 aliphatic rings. The summed E-state index contributed by atoms with van der Waals surface area (Å²) in [5.74, 6) is -1.74. The molecule has 0 aromatic rings. The minimum absolute atomic E-state index is 0.0166. The van der Waals surface area contributed by atoms with Gasteiger partial charge >= 0.3 is 11.9 Å². The van der Waals surface area contributed by atoms with Gasteiger partial charge in [-0.3, -0.25) is 19.2 Å². The van der Waals surface area contributed by atoms with Crippen molar-refractivity contribution >= 4 is 23.5 Å². The smallest absolute Gasteiger partial charge is 0.306 e. The van der Waals surface area contributed by atoms with Crippen LogP contribution < -0.4 is 0 Å². The first kappa shape index (κ1) is 24.8. The number of hydrogen-bond donors (Lipinski definition) is 1. The first-order valence-corrected chi connectivity index (χ1v) is 12.4. The minimum atomic E-state index is -1.47. The number of hydrogen-bond acceptors (Lipinski definition) is 7. The molecule has 7 nitrogen and oxygen atoms in total. The number of fused-ring (bicyclic) bond motifs is 5. The highest BCUT2D eigenvalue weighted by atomic mass is 16.6. The zero-order valence-electron chi connectivity index (χ0n) is 20.8. The van der Waals surface area contributed by atoms with E-state index in [2.05, 4.69) is 6.92 Å². The van der Waals surface area contributed by atoms with E-state index in [1.165, 1.54) is 6.92 Å². The number of ether oxygens (including phenoxy) is 2. The van der Waals surface area contributed by atoms with Crippen molar-refractivity contribution in [2.75, 3.05) is 6.61 Å². The molecule has 0 aromatic carbocycles. The van der Waals surface area contributed by atoms with Crippen LogP contribution in [0.25, 0.3) is 0 Å². The maximum atomic E-state index is 13.7. The first-order chi connectivity index (χ1) is 15.9. The van der Waals surface area contributed by atoms with Crippen LogP contribution in [0.1, 0.15) is 66.7 Å². The summed E-state index contributed by atoms with van der Waals surface area (Å²) in [6, 6.07) is 0. The molecule has 0 saturated heterocycles. The van der Waals surface area contributed by atoms with E-state index in [9.17, 15) is 24.3 Å². The fraction of sp³-hybridized carbons (Fsp3) is 0.704. The summed E-state index contributed by atoms with van der Waals surface area (Å²) in [5.41, 5.74) is -1.64. The van der Waals surface area contributed by atoms with Crippen molar-refractivity contribution in [3.63, 3.8) is 0 Å². The molecule has 3 fully saturated rings. The maximum Gasteiger partial charge on any atom is 0.306 e. The van der Waals surface area contributed by atoms with Crippen molar-refractivity contribution in [3.8, 4) is 0 Å². The Kier molecular flexibility index (Phi) is 6.16. The van der Waals surface area contributed by atoms with Crippen LogP contribution in [-0.4, -0.2) is 46.9 Å². The standard InChI is InChI=1S/C27H36O7/c1-6-23(32)34-27(22(31)14-33-16(3)28)15(2)11-20-19-8-7-17-12-18(29)9-10-25(17,4)24(19)21(30)13-26(20,27)5/h9-10,12,15,19-21,24,30H,6-8,11,13-14H2,1-5H3/t15-,19?,20?,21?,24?,25+,26+,27+/m1/s1. The van der Waals surface area contributed by atoms with Gasteiger partial charge in [-0.1, -0.05) is 39.3 Å². The van der Waals surface area contributed by atoms with Gasteiger partial charge in [-0.05, 0) is 49.7 Å². The van der Waals surface area contributed by atoms with E-state index in [0.717, 1.165) is 18.4 Å². The monoisotopic (exact) mass is 472 g/mol. The Balaban J connectivity index is 1.77. The quantitative estimate of drug-likeness (QED) is 0.612. The van der Waals surface area contributed by atoms with E-state index < -0.39 is 46.9 Å².